The van der Waals surface area contributed by atoms with Gasteiger partial charge in [0.05, 0.1) is 0 Å². The zero-order valence-corrected chi connectivity index (χ0v) is 76.9. The lowest BCUT2D eigenvalue weighted by atomic mass is 9.96. The van der Waals surface area contributed by atoms with Gasteiger partial charge in [0.1, 0.15) is 34.9 Å². The van der Waals surface area contributed by atoms with Crippen LogP contribution in [0.1, 0.15) is 117 Å². The van der Waals surface area contributed by atoms with Crippen molar-refractivity contribution in [3.63, 3.8) is 0 Å². The number of carbonyl (C=O) groups excluding carboxylic acids is 8. The number of fused-ring (bicyclic) bond motifs is 4. The highest BCUT2D eigenvalue weighted by Crippen LogP contribution is 2.37. The van der Waals surface area contributed by atoms with Crippen molar-refractivity contribution < 1.29 is 38.4 Å². The third-order valence-electron chi connectivity index (χ3n) is 22.6. The lowest BCUT2D eigenvalue weighted by Crippen LogP contribution is -2.34. The summed E-state index contributed by atoms with van der Waals surface area (Å²) in [6, 6.07) is 44.1. The molecule has 0 spiro atoms. The number of carbonyl (C=O) groups is 8. The smallest absolute Gasteiger partial charge is 0.248 e. The van der Waals surface area contributed by atoms with Crippen LogP contribution >= 0.6 is 0 Å². The van der Waals surface area contributed by atoms with Crippen molar-refractivity contribution in [1.29, 1.82) is 0 Å². The topological polar surface area (TPSA) is 410 Å². The predicted octanol–water partition coefficient (Wildman–Crippen LogP) is 17.7. The molecule has 12 N–H and O–H groups in total. The maximum absolute atomic E-state index is 11.8. The van der Waals surface area contributed by atoms with E-state index >= 15 is 0 Å². The molecule has 4 aliphatic heterocycles. The van der Waals surface area contributed by atoms with Gasteiger partial charge in [-0.05, 0) is 250 Å². The second-order valence-corrected chi connectivity index (χ2v) is 32.6. The van der Waals surface area contributed by atoms with Crippen LogP contribution in [0, 0.1) is 55.4 Å². The summed E-state index contributed by atoms with van der Waals surface area (Å²) in [7, 11) is 0. The number of aryl methyl sites for hydroxylation is 7. The van der Waals surface area contributed by atoms with Gasteiger partial charge in [0.15, 0.2) is 0 Å². The fourth-order valence-corrected chi connectivity index (χ4v) is 15.1. The number of anilines is 20. The zero-order chi connectivity index (χ0) is 95.6. The highest BCUT2D eigenvalue weighted by molar-refractivity contribution is 6.01. The molecule has 684 valence electrons. The summed E-state index contributed by atoms with van der Waals surface area (Å²) < 4.78 is 0. The highest BCUT2D eigenvalue weighted by Gasteiger charge is 2.28. The minimum atomic E-state index is -0.330. The third-order valence-corrected chi connectivity index (χ3v) is 22.6. The number of aromatic nitrogens is 9. The van der Waals surface area contributed by atoms with E-state index in [2.05, 4.69) is 178 Å². The molecule has 0 bridgehead atoms. The number of amides is 8. The molecule has 0 saturated heterocycles. The number of pyridine rings is 1. The highest BCUT2D eigenvalue weighted by atomic mass is 16.2. The first-order valence-corrected chi connectivity index (χ1v) is 43.3. The molecule has 0 aliphatic carbocycles. The lowest BCUT2D eigenvalue weighted by Gasteiger charge is -2.29. The zero-order valence-electron chi connectivity index (χ0n) is 76.9. The first-order chi connectivity index (χ1) is 64.3. The molecule has 16 rings (SSSR count). The fourth-order valence-electron chi connectivity index (χ4n) is 15.1. The van der Waals surface area contributed by atoms with Crippen molar-refractivity contribution in [3.05, 3.63) is 304 Å². The van der Waals surface area contributed by atoms with Crippen molar-refractivity contribution in [1.82, 2.24) is 64.5 Å². The standard InChI is InChI=1S/C26H28N6O2.C25H27N7O2.2C25H26N6O2/c1-5-24(34)28-21-7-6-8-22(13-21)29-25-17(3)14-27-26(31-25)30-23-12-20-15-32(18(4)33)10-9-19(20)11-16(23)2;1-5-23(34)29-21-7-6-8-22(28-21)30-24-16(3)13-26-25(31-24)27-20-12-18-9-10-32(17(4)33)14-19(18)11-15(20)2;1-5-23(33)27-20-7-6-8-21(11-20)28-24-16(3)12-26-25(30-24)29-22-10-19-14-31(17(4)32)13-18(19)9-15(22)2;1-5-23(33)27-19-7-6-8-20(11-19)28-24-15(2)12-26-25(30-24)29-22-10-9-18-13-31(17(4)32)14-21(18)16(22)3/h5-8,11-14H,1,9-10,15H2,2-4H3,(H,28,34)(H2,27,29,30,31);5-8,11-13H,1,9-10,14H2,2-4H3,(H3,26,27,28,29,30,31,34);2*5-12H,1,13-14H2,2-4H3,(H,27,33)(H2,26,28,29,30). The summed E-state index contributed by atoms with van der Waals surface area (Å²) in [5.74, 6) is 4.55. The molecular formula is C101H107N25O8. The number of nitrogens with one attached hydrogen (secondary N) is 12. The van der Waals surface area contributed by atoms with Crippen molar-refractivity contribution in [3.8, 4) is 0 Å². The van der Waals surface area contributed by atoms with Gasteiger partial charge in [-0.1, -0.05) is 74.8 Å². The van der Waals surface area contributed by atoms with Gasteiger partial charge < -0.3 is 83.4 Å². The Balaban J connectivity index is 0.000000152. The Bertz CT molecular complexity index is 6500. The quantitative estimate of drug-likeness (QED) is 0.0250. The largest absolute Gasteiger partial charge is 0.340 e. The van der Waals surface area contributed by atoms with E-state index in [-0.39, 0.29) is 47.3 Å². The molecule has 0 saturated carbocycles. The van der Waals surface area contributed by atoms with Crippen LogP contribution in [0.15, 0.2) is 215 Å². The van der Waals surface area contributed by atoms with Gasteiger partial charge in [0.2, 0.25) is 71.1 Å². The van der Waals surface area contributed by atoms with Crippen LogP contribution < -0.4 is 63.8 Å². The molecule has 0 fully saturated rings. The lowest BCUT2D eigenvalue weighted by molar-refractivity contribution is -0.130. The molecular weight excluding hydrogens is 1690 g/mol. The van der Waals surface area contributed by atoms with Crippen LogP contribution in [0.2, 0.25) is 0 Å². The molecule has 9 heterocycles. The Kier molecular flexibility index (Phi) is 30.4. The van der Waals surface area contributed by atoms with E-state index in [1.54, 1.807) is 88.9 Å². The van der Waals surface area contributed by atoms with E-state index in [4.69, 9.17) is 0 Å². The summed E-state index contributed by atoms with van der Waals surface area (Å²) in [6.45, 7) is 41.3. The van der Waals surface area contributed by atoms with Gasteiger partial charge in [-0.15, -0.1) is 0 Å². The van der Waals surface area contributed by atoms with Gasteiger partial charge in [-0.2, -0.15) is 19.9 Å². The normalized spacial score (nSPS) is 12.3. The van der Waals surface area contributed by atoms with Gasteiger partial charge in [0, 0.05) is 184 Å². The summed E-state index contributed by atoms with van der Waals surface area (Å²) in [4.78, 5) is 141. The van der Waals surface area contributed by atoms with Crippen LogP contribution in [-0.4, -0.2) is 125 Å². The number of benzene rings is 7. The van der Waals surface area contributed by atoms with Crippen molar-refractivity contribution in [2.75, 3.05) is 76.9 Å². The Labute approximate surface area is 777 Å². The number of hydrogen-bond acceptors (Lipinski definition) is 25. The number of rotatable bonds is 24. The monoisotopic (exact) mass is 1800 g/mol. The average molecular weight is 1800 g/mol. The second kappa shape index (κ2) is 43.0. The Morgan fingerprint density at radius 2 is 0.597 bits per heavy atom. The average Bonchev–Trinajstić information content (AvgIpc) is 1.61. The first kappa shape index (κ1) is 94.7. The van der Waals surface area contributed by atoms with E-state index in [1.165, 1.54) is 57.7 Å². The molecule has 0 unspecified atom stereocenters. The van der Waals surface area contributed by atoms with Crippen molar-refractivity contribution in [2.24, 2.45) is 0 Å². The Morgan fingerprint density at radius 1 is 0.291 bits per heavy atom. The fraction of sp³-hybridized carbons (Fsp3) is 0.218. The van der Waals surface area contributed by atoms with Gasteiger partial charge in [-0.3, -0.25) is 38.4 Å². The van der Waals surface area contributed by atoms with Gasteiger partial charge >= 0.3 is 0 Å². The van der Waals surface area contributed by atoms with Crippen LogP contribution in [0.4, 0.5) is 116 Å². The molecule has 4 aliphatic rings. The summed E-state index contributed by atoms with van der Waals surface area (Å²) in [5.41, 5.74) is 25.2. The predicted molar refractivity (Wildman–Crippen MR) is 526 cm³/mol. The molecule has 5 aromatic heterocycles. The maximum Gasteiger partial charge on any atom is 0.248 e. The van der Waals surface area contributed by atoms with E-state index < -0.39 is 0 Å². The minimum Gasteiger partial charge on any atom is -0.340 e. The molecule has 8 amide bonds. The van der Waals surface area contributed by atoms with Crippen LogP contribution in [0.5, 0.6) is 0 Å². The van der Waals surface area contributed by atoms with Crippen LogP contribution in [0.3, 0.4) is 0 Å². The van der Waals surface area contributed by atoms with Gasteiger partial charge in [-0.25, -0.2) is 24.9 Å². The molecule has 33 nitrogen and oxygen atoms in total. The molecule has 12 aromatic rings. The first-order valence-electron chi connectivity index (χ1n) is 43.3. The van der Waals surface area contributed by atoms with E-state index in [9.17, 15) is 38.4 Å². The van der Waals surface area contributed by atoms with Crippen molar-refractivity contribution >= 4 is 163 Å². The van der Waals surface area contributed by atoms with Crippen LogP contribution in [0.25, 0.3) is 0 Å². The van der Waals surface area contributed by atoms with Crippen LogP contribution in [-0.2, 0) is 90.5 Å². The van der Waals surface area contributed by atoms with E-state index in [0.29, 0.717) is 115 Å². The second-order valence-electron chi connectivity index (χ2n) is 32.6. The summed E-state index contributed by atoms with van der Waals surface area (Å²) >= 11 is 0. The Morgan fingerprint density at radius 3 is 1.00 bits per heavy atom. The number of hydrogen-bond donors (Lipinski definition) is 12. The summed E-state index contributed by atoms with van der Waals surface area (Å²) in [5, 5.41) is 37.2. The van der Waals surface area contributed by atoms with E-state index in [1.807, 2.05) is 135 Å². The number of nitrogens with zero attached hydrogens (tertiary/aromatic N) is 13. The molecule has 7 aromatic carbocycles. The van der Waals surface area contributed by atoms with Gasteiger partial charge in [0.25, 0.3) is 0 Å². The van der Waals surface area contributed by atoms with E-state index in [0.717, 1.165) is 121 Å². The Hall–Kier alpha value is -16.9. The summed E-state index contributed by atoms with van der Waals surface area (Å²) in [6.07, 6.45) is 13.5. The SMILES string of the molecule is C=CC(=O)Nc1cccc(Nc2nc(Nc3cc4c(cc3C)CCN(C(C)=O)C4)ncc2C)c1.C=CC(=O)Nc1cccc(Nc2nc(Nc3cc4c(cc3C)CN(C(C)=O)C4)ncc2C)c1.C=CC(=O)Nc1cccc(Nc2nc(Nc3cc4c(cc3C)CN(C(C)=O)CC4)ncc2C)n1.C=CC(=O)Nc1cccc(Nc2nc(Nc3ccc4c(c3C)CN(C(C)=O)C4)ncc2C)c1. The maximum atomic E-state index is 11.8. The van der Waals surface area contributed by atoms with Crippen molar-refractivity contribution in [2.45, 2.75) is 135 Å². The molecule has 0 radical (unpaired) electrons. The minimum absolute atomic E-state index is 0.0732. The molecule has 0 atom stereocenters. The third kappa shape index (κ3) is 24.8. The molecule has 134 heavy (non-hydrogen) atoms. The molecule has 33 heteroatoms.